The Morgan fingerprint density at radius 3 is 1.77 bits per heavy atom. The third-order valence-electron chi connectivity index (χ3n) is 11.4. The molecule has 1 aliphatic carbocycles. The summed E-state index contributed by atoms with van der Waals surface area (Å²) in [4.78, 5) is 10.4. The number of nitriles is 1. The molecule has 0 bridgehead atoms. The molecule has 0 fully saturated rings. The second kappa shape index (κ2) is 12.5. The lowest BCUT2D eigenvalue weighted by molar-refractivity contribution is 0.437. The van der Waals surface area contributed by atoms with Crippen LogP contribution < -0.4 is 4.74 Å². The van der Waals surface area contributed by atoms with E-state index in [1.54, 1.807) is 0 Å². The van der Waals surface area contributed by atoms with Crippen LogP contribution >= 0.6 is 0 Å². The van der Waals surface area contributed by atoms with Crippen LogP contribution in [0.25, 0.3) is 66.9 Å². The summed E-state index contributed by atoms with van der Waals surface area (Å²) in [6.07, 6.45) is 0. The molecule has 0 atom stereocenters. The van der Waals surface area contributed by atoms with Crippen molar-refractivity contribution in [3.63, 3.8) is 0 Å². The maximum Gasteiger partial charge on any atom is 0.160 e. The van der Waals surface area contributed by atoms with E-state index in [2.05, 4.69) is 152 Å². The summed E-state index contributed by atoms with van der Waals surface area (Å²) in [5.74, 6) is 2.22. The van der Waals surface area contributed by atoms with Crippen molar-refractivity contribution in [3.8, 4) is 73.7 Å². The van der Waals surface area contributed by atoms with Gasteiger partial charge in [-0.3, -0.25) is 0 Å². The molecule has 0 saturated heterocycles. The average molecular weight is 714 g/mol. The lowest BCUT2D eigenvalue weighted by atomic mass is 9.66. The molecular formula is C52H31N3O. The second-order valence-corrected chi connectivity index (χ2v) is 14.4. The summed E-state index contributed by atoms with van der Waals surface area (Å²) in [5.41, 5.74) is 13.6. The lowest BCUT2D eigenvalue weighted by Crippen LogP contribution is -2.32. The fourth-order valence-corrected chi connectivity index (χ4v) is 8.92. The predicted octanol–water partition coefficient (Wildman–Crippen LogP) is 12.6. The van der Waals surface area contributed by atoms with Crippen LogP contribution in [0.15, 0.2) is 188 Å². The molecule has 260 valence electrons. The van der Waals surface area contributed by atoms with Gasteiger partial charge >= 0.3 is 0 Å². The number of ether oxygens (including phenoxy) is 1. The Balaban J connectivity index is 1.15. The molecule has 1 aromatic heterocycles. The first kappa shape index (κ1) is 31.9. The van der Waals surface area contributed by atoms with Crippen LogP contribution in [0, 0.1) is 11.3 Å². The molecule has 4 nitrogen and oxygen atoms in total. The summed E-state index contributed by atoms with van der Waals surface area (Å²) in [6, 6.07) is 67.7. The summed E-state index contributed by atoms with van der Waals surface area (Å²) >= 11 is 0. The molecule has 0 amide bonds. The van der Waals surface area contributed by atoms with Crippen molar-refractivity contribution in [3.05, 3.63) is 216 Å². The average Bonchev–Trinajstić information content (AvgIpc) is 3.56. The van der Waals surface area contributed by atoms with Gasteiger partial charge in [0, 0.05) is 27.8 Å². The second-order valence-electron chi connectivity index (χ2n) is 14.4. The van der Waals surface area contributed by atoms with Crippen molar-refractivity contribution in [1.82, 2.24) is 9.97 Å². The van der Waals surface area contributed by atoms with Crippen LogP contribution in [-0.4, -0.2) is 9.97 Å². The SMILES string of the molecule is N#Cc1cccc(-c2ccc3c(c2)Oc2cc(-c4cc(-c5cccc6ccccc56)nc(-c5ccccc5)n4)ccc2C32c3ccccc3-c3ccccc32)c1. The standard InChI is InChI=1S/C52H31N3O/c53-32-33-12-10-17-36(28-33)37-24-26-45-49(29-37)56-50-30-38(25-27-46(50)52(45)43-22-8-6-19-40(43)41-20-7-9-23-44(41)52)47-31-48(55-51(54-47)35-14-2-1-3-15-35)42-21-11-16-34-13-4-5-18-39(34)42/h1-31H. The molecule has 4 heteroatoms. The molecule has 2 heterocycles. The van der Waals surface area contributed by atoms with Crippen molar-refractivity contribution >= 4 is 10.8 Å². The minimum atomic E-state index is -0.614. The van der Waals surface area contributed by atoms with E-state index in [1.807, 2.05) is 42.5 Å². The maximum absolute atomic E-state index is 9.68. The predicted molar refractivity (Wildman–Crippen MR) is 223 cm³/mol. The molecule has 9 aromatic rings. The largest absolute Gasteiger partial charge is 0.457 e. The van der Waals surface area contributed by atoms with Crippen LogP contribution in [0.2, 0.25) is 0 Å². The van der Waals surface area contributed by atoms with Crippen molar-refractivity contribution < 1.29 is 4.74 Å². The molecule has 0 saturated carbocycles. The van der Waals surface area contributed by atoms with Gasteiger partial charge in [-0.15, -0.1) is 0 Å². The molecular weight excluding hydrogens is 683 g/mol. The van der Waals surface area contributed by atoms with Gasteiger partial charge in [0.2, 0.25) is 0 Å². The van der Waals surface area contributed by atoms with E-state index in [0.717, 1.165) is 72.6 Å². The van der Waals surface area contributed by atoms with Gasteiger partial charge in [-0.2, -0.15) is 5.26 Å². The quantitative estimate of drug-likeness (QED) is 0.182. The number of nitrogens with zero attached hydrogens (tertiary/aromatic N) is 3. The summed E-state index contributed by atoms with van der Waals surface area (Å²) in [7, 11) is 0. The molecule has 0 radical (unpaired) electrons. The van der Waals surface area contributed by atoms with E-state index in [0.29, 0.717) is 11.4 Å². The van der Waals surface area contributed by atoms with Gasteiger partial charge in [-0.05, 0) is 74.5 Å². The smallest absolute Gasteiger partial charge is 0.160 e. The third-order valence-corrected chi connectivity index (χ3v) is 11.4. The van der Waals surface area contributed by atoms with Gasteiger partial charge in [0.05, 0.1) is 28.4 Å². The zero-order valence-corrected chi connectivity index (χ0v) is 30.1. The summed E-state index contributed by atoms with van der Waals surface area (Å²) in [5, 5.41) is 12.0. The molecule has 11 rings (SSSR count). The first-order chi connectivity index (χ1) is 27.7. The molecule has 1 aliphatic heterocycles. The zero-order valence-electron chi connectivity index (χ0n) is 30.1. The van der Waals surface area contributed by atoms with Gasteiger partial charge in [0.1, 0.15) is 11.5 Å². The minimum absolute atomic E-state index is 0.614. The number of fused-ring (bicyclic) bond motifs is 10. The molecule has 56 heavy (non-hydrogen) atoms. The first-order valence-electron chi connectivity index (χ1n) is 18.8. The highest BCUT2D eigenvalue weighted by Crippen LogP contribution is 2.62. The van der Waals surface area contributed by atoms with Gasteiger partial charge in [-0.25, -0.2) is 9.97 Å². The Hall–Kier alpha value is -7.61. The van der Waals surface area contributed by atoms with Crippen LogP contribution in [0.4, 0.5) is 0 Å². The Bertz CT molecular complexity index is 3040. The van der Waals surface area contributed by atoms with E-state index in [4.69, 9.17) is 14.7 Å². The molecule has 2 aliphatic rings. The molecule has 0 N–H and O–H groups in total. The van der Waals surface area contributed by atoms with Crippen LogP contribution in [0.3, 0.4) is 0 Å². The van der Waals surface area contributed by atoms with Crippen molar-refractivity contribution in [1.29, 1.82) is 5.26 Å². The highest BCUT2D eigenvalue weighted by Gasteiger charge is 2.51. The van der Waals surface area contributed by atoms with Gasteiger partial charge in [0.25, 0.3) is 0 Å². The number of rotatable bonds is 4. The number of hydrogen-bond donors (Lipinski definition) is 0. The highest BCUT2D eigenvalue weighted by molar-refractivity contribution is 5.96. The highest BCUT2D eigenvalue weighted by atomic mass is 16.5. The first-order valence-corrected chi connectivity index (χ1v) is 18.8. The Kier molecular flexibility index (Phi) is 7.10. The lowest BCUT2D eigenvalue weighted by Gasteiger charge is -2.39. The monoisotopic (exact) mass is 713 g/mol. The van der Waals surface area contributed by atoms with Crippen LogP contribution in [0.5, 0.6) is 11.5 Å². The maximum atomic E-state index is 9.68. The van der Waals surface area contributed by atoms with Crippen molar-refractivity contribution in [2.45, 2.75) is 5.41 Å². The third kappa shape index (κ3) is 4.78. The molecule has 0 unspecified atom stereocenters. The number of aromatic nitrogens is 2. The Labute approximate surface area is 324 Å². The normalized spacial score (nSPS) is 12.9. The van der Waals surface area contributed by atoms with Gasteiger partial charge in [-0.1, -0.05) is 158 Å². The topological polar surface area (TPSA) is 58.8 Å². The van der Waals surface area contributed by atoms with Crippen LogP contribution in [0.1, 0.15) is 27.8 Å². The fraction of sp³-hybridized carbons (Fsp3) is 0.0192. The van der Waals surface area contributed by atoms with E-state index < -0.39 is 5.41 Å². The number of benzene rings is 8. The fourth-order valence-electron chi connectivity index (χ4n) is 8.92. The van der Waals surface area contributed by atoms with E-state index >= 15 is 0 Å². The Morgan fingerprint density at radius 2 is 1.00 bits per heavy atom. The summed E-state index contributed by atoms with van der Waals surface area (Å²) in [6.45, 7) is 0. The van der Waals surface area contributed by atoms with E-state index in [-0.39, 0.29) is 0 Å². The minimum Gasteiger partial charge on any atom is -0.457 e. The van der Waals surface area contributed by atoms with Crippen molar-refractivity contribution in [2.75, 3.05) is 0 Å². The van der Waals surface area contributed by atoms with E-state index in [9.17, 15) is 5.26 Å². The number of hydrogen-bond acceptors (Lipinski definition) is 4. The van der Waals surface area contributed by atoms with Gasteiger partial charge in [0.15, 0.2) is 5.82 Å². The van der Waals surface area contributed by atoms with Crippen LogP contribution in [-0.2, 0) is 5.41 Å². The van der Waals surface area contributed by atoms with Crippen molar-refractivity contribution in [2.24, 2.45) is 0 Å². The summed E-state index contributed by atoms with van der Waals surface area (Å²) < 4.78 is 7.05. The van der Waals surface area contributed by atoms with E-state index in [1.165, 1.54) is 22.3 Å². The molecule has 1 spiro atoms. The van der Waals surface area contributed by atoms with Gasteiger partial charge < -0.3 is 4.74 Å². The molecule has 8 aromatic carbocycles. The zero-order chi connectivity index (χ0) is 37.2. The Morgan fingerprint density at radius 1 is 0.429 bits per heavy atom.